The van der Waals surface area contributed by atoms with Crippen LogP contribution in [0.1, 0.15) is 76.5 Å². The number of ether oxygens (including phenoxy) is 1. The number of Topliss-reactive ketones (excluding diaryl/α,β-unsaturated/α-hetero) is 2. The molecule has 2 heterocycles. The van der Waals surface area contributed by atoms with E-state index in [1.165, 1.54) is 0 Å². The number of allylic oxidation sites excluding steroid dienone is 1. The number of carbonyl (C=O) groups excluding carboxylic acids is 2. The van der Waals surface area contributed by atoms with Crippen molar-refractivity contribution >= 4 is 35.0 Å². The van der Waals surface area contributed by atoms with Crippen LogP contribution in [0.15, 0.2) is 34.4 Å². The number of hydrazone groups is 1. The molecule has 0 bridgehead atoms. The molecule has 5 rings (SSSR count). The number of nitrogens with two attached hydrogens (primary N) is 2. The molecule has 1 saturated heterocycles. The zero-order valence-corrected chi connectivity index (χ0v) is 22.8. The smallest absolute Gasteiger partial charge is 0.219 e. The highest BCUT2D eigenvalue weighted by molar-refractivity contribution is 6.32. The van der Waals surface area contributed by atoms with Crippen molar-refractivity contribution in [2.75, 3.05) is 13.6 Å². The standard InChI is InChI=1S/C29H39N7O3/c1-3-22(21-9-7-15-36(21)2)39-25-16-24(32-17-20(35-31)18-11-12-18)33-28(34-25)26(30)19-8-6-14-29(27(19)38)13-5-4-10-23(29)37/h3,16-18,21-22H,1,4-15,30-31H2,2H3/b26-19-,32-17+,35-20+/t21-,22-,29+/m0/s1. The zero-order valence-electron chi connectivity index (χ0n) is 22.8. The van der Waals surface area contributed by atoms with E-state index in [-0.39, 0.29) is 35.2 Å². The molecular weight excluding hydrogens is 494 g/mol. The molecule has 4 fully saturated rings. The van der Waals surface area contributed by atoms with Crippen molar-refractivity contribution in [3.63, 3.8) is 0 Å². The van der Waals surface area contributed by atoms with Gasteiger partial charge < -0.3 is 16.3 Å². The number of likely N-dealkylation sites (tertiary alicyclic amines) is 1. The molecule has 10 nitrogen and oxygen atoms in total. The first-order chi connectivity index (χ1) is 18.9. The van der Waals surface area contributed by atoms with Gasteiger partial charge >= 0.3 is 0 Å². The zero-order chi connectivity index (χ0) is 27.6. The van der Waals surface area contributed by atoms with Crippen LogP contribution >= 0.6 is 0 Å². The molecule has 208 valence electrons. The summed E-state index contributed by atoms with van der Waals surface area (Å²) in [5, 5.41) is 3.87. The average molecular weight is 534 g/mol. The number of nitrogens with zero attached hydrogens (tertiary/aromatic N) is 5. The summed E-state index contributed by atoms with van der Waals surface area (Å²) < 4.78 is 6.33. The highest BCUT2D eigenvalue weighted by atomic mass is 16.5. The predicted molar refractivity (Wildman–Crippen MR) is 151 cm³/mol. The minimum absolute atomic E-state index is 0.0372. The third-order valence-corrected chi connectivity index (χ3v) is 8.70. The van der Waals surface area contributed by atoms with Gasteiger partial charge in [-0.05, 0) is 77.5 Å². The van der Waals surface area contributed by atoms with E-state index >= 15 is 0 Å². The Hall–Kier alpha value is -3.40. The maximum atomic E-state index is 13.7. The molecule has 0 unspecified atom stereocenters. The van der Waals surface area contributed by atoms with Gasteiger partial charge in [0.1, 0.15) is 11.9 Å². The monoisotopic (exact) mass is 533 g/mol. The Balaban J connectivity index is 1.51. The third-order valence-electron chi connectivity index (χ3n) is 8.70. The second kappa shape index (κ2) is 11.4. The summed E-state index contributed by atoms with van der Waals surface area (Å²) in [5.41, 5.74) is 6.99. The van der Waals surface area contributed by atoms with Crippen LogP contribution in [0, 0.1) is 11.3 Å². The number of aliphatic imine (C=N–C) groups is 1. The molecule has 0 aromatic carbocycles. The van der Waals surface area contributed by atoms with Gasteiger partial charge in [0.25, 0.3) is 0 Å². The second-order valence-corrected chi connectivity index (χ2v) is 11.3. The van der Waals surface area contributed by atoms with Crippen LogP contribution in [-0.2, 0) is 9.59 Å². The van der Waals surface area contributed by atoms with Crippen LogP contribution in [0.25, 0.3) is 5.70 Å². The maximum absolute atomic E-state index is 13.7. The molecule has 1 aromatic heterocycles. The van der Waals surface area contributed by atoms with Crippen LogP contribution < -0.4 is 16.3 Å². The van der Waals surface area contributed by atoms with Crippen molar-refractivity contribution in [2.24, 2.45) is 33.0 Å². The number of ketones is 2. The van der Waals surface area contributed by atoms with Crippen LogP contribution in [0.2, 0.25) is 0 Å². The summed E-state index contributed by atoms with van der Waals surface area (Å²) >= 11 is 0. The fourth-order valence-corrected chi connectivity index (χ4v) is 6.26. The quantitative estimate of drug-likeness (QED) is 0.129. The van der Waals surface area contributed by atoms with E-state index in [4.69, 9.17) is 16.3 Å². The number of likely N-dealkylation sites (N-methyl/N-ethyl adjacent to an activating group) is 1. The number of carbonyl (C=O) groups is 2. The van der Waals surface area contributed by atoms with Gasteiger partial charge in [0.05, 0.1) is 29.1 Å². The van der Waals surface area contributed by atoms with Crippen molar-refractivity contribution < 1.29 is 14.3 Å². The summed E-state index contributed by atoms with van der Waals surface area (Å²) in [4.78, 5) is 42.7. The molecule has 3 saturated carbocycles. The van der Waals surface area contributed by atoms with Gasteiger partial charge in [-0.25, -0.2) is 9.98 Å². The van der Waals surface area contributed by atoms with Gasteiger partial charge in [-0.2, -0.15) is 10.1 Å². The highest BCUT2D eigenvalue weighted by Crippen LogP contribution is 2.45. The van der Waals surface area contributed by atoms with E-state index in [9.17, 15) is 9.59 Å². The Morgan fingerprint density at radius 1 is 1.18 bits per heavy atom. The van der Waals surface area contributed by atoms with Gasteiger partial charge in [0.15, 0.2) is 17.4 Å². The fourth-order valence-electron chi connectivity index (χ4n) is 6.26. The van der Waals surface area contributed by atoms with Crippen LogP contribution in [-0.4, -0.2) is 64.1 Å². The van der Waals surface area contributed by atoms with Gasteiger partial charge in [-0.1, -0.05) is 13.0 Å². The predicted octanol–water partition coefficient (Wildman–Crippen LogP) is 3.48. The van der Waals surface area contributed by atoms with Gasteiger partial charge in [-0.15, -0.1) is 0 Å². The van der Waals surface area contributed by atoms with Gasteiger partial charge in [0, 0.05) is 24.0 Å². The van der Waals surface area contributed by atoms with Crippen LogP contribution in [0.5, 0.6) is 5.88 Å². The maximum Gasteiger partial charge on any atom is 0.219 e. The molecule has 3 atom stereocenters. The number of rotatable bonds is 8. The van der Waals surface area contributed by atoms with Crippen molar-refractivity contribution in [3.05, 3.63) is 30.1 Å². The highest BCUT2D eigenvalue weighted by Gasteiger charge is 2.49. The van der Waals surface area contributed by atoms with Crippen molar-refractivity contribution in [1.29, 1.82) is 0 Å². The number of hydrogen-bond acceptors (Lipinski definition) is 10. The first-order valence-corrected chi connectivity index (χ1v) is 14.1. The topological polar surface area (TPSA) is 149 Å². The molecule has 1 aromatic rings. The van der Waals surface area contributed by atoms with E-state index in [2.05, 4.69) is 38.6 Å². The molecule has 4 N–H and O–H groups in total. The molecule has 3 aliphatic carbocycles. The summed E-state index contributed by atoms with van der Waals surface area (Å²) in [6.07, 6.45) is 11.8. The molecule has 4 aliphatic rings. The molecule has 10 heteroatoms. The lowest BCUT2D eigenvalue weighted by Gasteiger charge is -2.38. The van der Waals surface area contributed by atoms with Gasteiger partial charge in [0.2, 0.25) is 5.88 Å². The normalized spacial score (nSPS) is 28.7. The SMILES string of the molecule is C=C[C@H](Oc1cc(/N=C/C(=N\N)C2CC2)nc(/C(N)=C2\CCC[C@@]3(CCCCC3=O)C2=O)n1)[C@@H]1CCCN1C. The fraction of sp³-hybridized carbons (Fsp3) is 0.586. The van der Waals surface area contributed by atoms with Crippen LogP contribution in [0.3, 0.4) is 0 Å². The Labute approximate surface area is 229 Å². The van der Waals surface area contributed by atoms with E-state index in [1.807, 2.05) is 0 Å². The lowest BCUT2D eigenvalue weighted by atomic mass is 9.62. The third kappa shape index (κ3) is 5.52. The lowest BCUT2D eigenvalue weighted by molar-refractivity contribution is -0.143. The Bertz CT molecular complexity index is 1230. The first kappa shape index (κ1) is 27.2. The molecule has 1 aliphatic heterocycles. The van der Waals surface area contributed by atoms with Crippen LogP contribution in [0.4, 0.5) is 5.82 Å². The Morgan fingerprint density at radius 3 is 2.64 bits per heavy atom. The van der Waals surface area contributed by atoms with E-state index in [1.54, 1.807) is 18.4 Å². The van der Waals surface area contributed by atoms with Crippen molar-refractivity contribution in [2.45, 2.75) is 82.8 Å². The summed E-state index contributed by atoms with van der Waals surface area (Å²) in [6, 6.07) is 1.82. The minimum Gasteiger partial charge on any atom is -0.468 e. The molecular formula is C29H39N7O3. The van der Waals surface area contributed by atoms with Gasteiger partial charge in [-0.3, -0.25) is 14.5 Å². The Morgan fingerprint density at radius 2 is 1.97 bits per heavy atom. The Kier molecular flexibility index (Phi) is 7.93. The first-order valence-electron chi connectivity index (χ1n) is 14.1. The largest absolute Gasteiger partial charge is 0.468 e. The van der Waals surface area contributed by atoms with E-state index < -0.39 is 5.41 Å². The summed E-state index contributed by atoms with van der Waals surface area (Å²) in [6.45, 7) is 4.98. The molecule has 39 heavy (non-hydrogen) atoms. The van der Waals surface area contributed by atoms with Crippen molar-refractivity contribution in [1.82, 2.24) is 14.9 Å². The van der Waals surface area contributed by atoms with Crippen molar-refractivity contribution in [3.8, 4) is 5.88 Å². The van der Waals surface area contributed by atoms with E-state index in [0.29, 0.717) is 54.6 Å². The minimum atomic E-state index is -0.955. The molecule has 0 radical (unpaired) electrons. The lowest BCUT2D eigenvalue weighted by Crippen LogP contribution is -2.45. The average Bonchev–Trinajstić information content (AvgIpc) is 3.70. The summed E-state index contributed by atoms with van der Waals surface area (Å²) in [5.74, 6) is 6.55. The van der Waals surface area contributed by atoms with E-state index in [0.717, 1.165) is 51.5 Å². The number of aromatic nitrogens is 2. The molecule has 0 amide bonds. The molecule has 1 spiro atoms. The summed E-state index contributed by atoms with van der Waals surface area (Å²) in [7, 11) is 2.07. The number of hydrogen-bond donors (Lipinski definition) is 2. The second-order valence-electron chi connectivity index (χ2n) is 11.3.